The van der Waals surface area contributed by atoms with Gasteiger partial charge in [0.2, 0.25) is 11.8 Å². The van der Waals surface area contributed by atoms with Crippen LogP contribution in [0.5, 0.6) is 0 Å². The van der Waals surface area contributed by atoms with Crippen LogP contribution in [0, 0.1) is 0 Å². The van der Waals surface area contributed by atoms with E-state index < -0.39 is 38.7 Å². The van der Waals surface area contributed by atoms with E-state index in [0.717, 1.165) is 17.4 Å². The molecule has 4 amide bonds. The number of likely N-dealkylation sites (tertiary alicyclic amines) is 1. The third-order valence-electron chi connectivity index (χ3n) is 7.28. The number of aliphatic hydroxyl groups excluding tert-OH is 1. The molecule has 2 unspecified atom stereocenters. The van der Waals surface area contributed by atoms with Crippen molar-refractivity contribution in [2.24, 2.45) is 0 Å². The van der Waals surface area contributed by atoms with Gasteiger partial charge in [0, 0.05) is 24.9 Å². The molecule has 218 valence electrons. The minimum atomic E-state index is -3.81. The zero-order chi connectivity index (χ0) is 29.8. The lowest BCUT2D eigenvalue weighted by molar-refractivity contribution is -0.123. The second-order valence-corrected chi connectivity index (χ2v) is 13.9. The van der Waals surface area contributed by atoms with E-state index >= 15 is 0 Å². The molecule has 6 rings (SSSR count). The molecule has 0 aliphatic carbocycles. The van der Waals surface area contributed by atoms with Crippen molar-refractivity contribution >= 4 is 49.2 Å². The van der Waals surface area contributed by atoms with Crippen LogP contribution in [0.4, 0.5) is 4.79 Å². The van der Waals surface area contributed by atoms with Crippen molar-refractivity contribution < 1.29 is 32.3 Å². The third-order valence-corrected chi connectivity index (χ3v) is 9.79. The number of hydrogen-bond donors (Lipinski definition) is 3. The van der Waals surface area contributed by atoms with Gasteiger partial charge in [-0.05, 0) is 48.7 Å². The van der Waals surface area contributed by atoms with Crippen molar-refractivity contribution in [1.29, 1.82) is 0 Å². The zero-order valence-electron chi connectivity index (χ0n) is 22.5. The van der Waals surface area contributed by atoms with Crippen LogP contribution in [0.3, 0.4) is 0 Å². The molecular formula is C27H26N6O7S2. The number of thiazole rings is 1. The summed E-state index contributed by atoms with van der Waals surface area (Å²) in [5.74, 6) is -0.911. The van der Waals surface area contributed by atoms with E-state index in [0.29, 0.717) is 35.3 Å². The Morgan fingerprint density at radius 3 is 2.69 bits per heavy atom. The second-order valence-electron chi connectivity index (χ2n) is 10.7. The summed E-state index contributed by atoms with van der Waals surface area (Å²) in [6.07, 6.45) is 0.975. The number of carbonyl (C=O) groups is 3. The topological polar surface area (TPSA) is 185 Å². The molecule has 2 saturated heterocycles. The van der Waals surface area contributed by atoms with Gasteiger partial charge in [-0.25, -0.2) is 18.2 Å². The van der Waals surface area contributed by atoms with Gasteiger partial charge in [0.1, 0.15) is 10.5 Å². The first-order chi connectivity index (χ1) is 19.9. The molecule has 3 atom stereocenters. The Bertz CT molecular complexity index is 1850. The van der Waals surface area contributed by atoms with Crippen LogP contribution in [0.25, 0.3) is 21.3 Å². The van der Waals surface area contributed by atoms with Crippen molar-refractivity contribution in [3.8, 4) is 11.1 Å². The Morgan fingerprint density at radius 1 is 1.21 bits per heavy atom. The van der Waals surface area contributed by atoms with Crippen LogP contribution < -0.4 is 10.6 Å². The lowest BCUT2D eigenvalue weighted by Gasteiger charge is -2.17. The van der Waals surface area contributed by atoms with Crippen molar-refractivity contribution in [3.63, 3.8) is 0 Å². The van der Waals surface area contributed by atoms with E-state index in [1.54, 1.807) is 29.2 Å². The molecule has 0 bridgehead atoms. The summed E-state index contributed by atoms with van der Waals surface area (Å²) in [6.45, 7) is 2.32. The van der Waals surface area contributed by atoms with Crippen LogP contribution >= 0.6 is 11.3 Å². The number of sulfone groups is 1. The lowest BCUT2D eigenvalue weighted by atomic mass is 9.98. The molecule has 0 spiro atoms. The number of aromatic nitrogens is 3. The number of nitrogens with zero attached hydrogens (tertiary/aromatic N) is 4. The molecule has 0 radical (unpaired) electrons. The van der Waals surface area contributed by atoms with E-state index in [2.05, 4.69) is 25.8 Å². The minimum Gasteiger partial charge on any atom is -0.423 e. The third kappa shape index (κ3) is 5.26. The number of fused-ring (bicyclic) bond motifs is 1. The lowest BCUT2D eigenvalue weighted by Crippen LogP contribution is -2.45. The second kappa shape index (κ2) is 10.3. The molecule has 4 aromatic rings. The smallest absolute Gasteiger partial charge is 0.322 e. The summed E-state index contributed by atoms with van der Waals surface area (Å²) in [5, 5.41) is 21.2. The first-order valence-electron chi connectivity index (χ1n) is 13.0. The number of urea groups is 1. The molecule has 13 nitrogen and oxygen atoms in total. The molecule has 42 heavy (non-hydrogen) atoms. The number of β-amino-alcohol motifs (C(OH)–C–C–N with tert-alkyl or cyclic N) is 1. The van der Waals surface area contributed by atoms with E-state index in [4.69, 9.17) is 4.42 Å². The van der Waals surface area contributed by atoms with Crippen molar-refractivity contribution in [3.05, 3.63) is 64.8 Å². The number of benzene rings is 2. The molecule has 15 heteroatoms. The SMILES string of the molecule is CC1(Cc2nnc(C(c3nc4ccc(-c5cccc(C(=O)N6CC[C@@H](O)C6)c5)cc4s3)S(C)(=O)=O)o2)NC(=O)NC1=O. The first kappa shape index (κ1) is 27.9. The summed E-state index contributed by atoms with van der Waals surface area (Å²) in [6, 6.07) is 12.1. The fraction of sp³-hybridized carbons (Fsp3) is 0.333. The summed E-state index contributed by atoms with van der Waals surface area (Å²) < 4.78 is 32.2. The highest BCUT2D eigenvalue weighted by Gasteiger charge is 2.44. The zero-order valence-corrected chi connectivity index (χ0v) is 24.2. The van der Waals surface area contributed by atoms with E-state index in [1.165, 1.54) is 18.3 Å². The molecule has 2 aromatic heterocycles. The maximum Gasteiger partial charge on any atom is 0.322 e. The number of carbonyl (C=O) groups excluding carboxylic acids is 3. The monoisotopic (exact) mass is 610 g/mol. The van der Waals surface area contributed by atoms with Crippen LogP contribution in [-0.2, 0) is 21.1 Å². The maximum atomic E-state index is 12.9. The van der Waals surface area contributed by atoms with Gasteiger partial charge < -0.3 is 19.7 Å². The van der Waals surface area contributed by atoms with Gasteiger partial charge in [0.05, 0.1) is 22.7 Å². The Hall–Kier alpha value is -4.21. The number of aliphatic hydroxyl groups is 1. The van der Waals surface area contributed by atoms with Crippen LogP contribution in [-0.4, -0.2) is 82.4 Å². The standard InChI is InChI=1S/C27H26N6O7S2/c1-27(25(36)29-26(37)30-27)12-20-31-32-22(40-20)21(42(2,38)39)23-28-18-7-6-15(11-19(18)41-23)14-4-3-5-16(10-14)24(35)33-9-8-17(34)13-33/h3-7,10-11,17,21,34H,8-9,12-13H2,1-2H3,(H2,29,30,36,37)/t17-,21?,27?/m1/s1. The average Bonchev–Trinajstić information content (AvgIpc) is 3.70. The average molecular weight is 611 g/mol. The van der Waals surface area contributed by atoms with E-state index in [-0.39, 0.29) is 29.1 Å². The van der Waals surface area contributed by atoms with Gasteiger partial charge in [-0.2, -0.15) is 0 Å². The van der Waals surface area contributed by atoms with Gasteiger partial charge in [0.15, 0.2) is 15.1 Å². The largest absolute Gasteiger partial charge is 0.423 e. The number of hydrogen-bond acceptors (Lipinski definition) is 11. The molecule has 2 fully saturated rings. The minimum absolute atomic E-state index is 0.0141. The van der Waals surface area contributed by atoms with Gasteiger partial charge in [-0.1, -0.05) is 18.2 Å². The molecule has 2 aliphatic heterocycles. The molecule has 0 saturated carbocycles. The summed E-state index contributed by atoms with van der Waals surface area (Å²) in [4.78, 5) is 42.9. The molecule has 2 aromatic carbocycles. The number of rotatable bonds is 7. The van der Waals surface area contributed by atoms with Crippen molar-refractivity contribution in [2.45, 2.75) is 36.7 Å². The Kier molecular flexibility index (Phi) is 6.82. The number of nitrogens with one attached hydrogen (secondary N) is 2. The molecule has 3 N–H and O–H groups in total. The fourth-order valence-corrected chi connectivity index (χ4v) is 7.63. The van der Waals surface area contributed by atoms with Gasteiger partial charge in [0.25, 0.3) is 11.8 Å². The molecule has 2 aliphatic rings. The highest BCUT2D eigenvalue weighted by Crippen LogP contribution is 2.37. The van der Waals surface area contributed by atoms with E-state index in [1.807, 2.05) is 18.2 Å². The molecular weight excluding hydrogens is 584 g/mol. The predicted octanol–water partition coefficient (Wildman–Crippen LogP) is 1.83. The fourth-order valence-electron chi connectivity index (χ4n) is 5.10. The van der Waals surface area contributed by atoms with Gasteiger partial charge in [-0.3, -0.25) is 14.9 Å². The quantitative estimate of drug-likeness (QED) is 0.261. The number of imide groups is 1. The Labute approximate surface area is 243 Å². The normalized spacial score (nSPS) is 21.5. The Morgan fingerprint density at radius 2 is 2.00 bits per heavy atom. The predicted molar refractivity (Wildman–Crippen MR) is 151 cm³/mol. The van der Waals surface area contributed by atoms with E-state index in [9.17, 15) is 27.9 Å². The number of amides is 4. The van der Waals surface area contributed by atoms with Gasteiger partial charge >= 0.3 is 6.03 Å². The summed E-state index contributed by atoms with van der Waals surface area (Å²) >= 11 is 1.17. The Balaban J connectivity index is 1.29. The van der Waals surface area contributed by atoms with Crippen LogP contribution in [0.1, 0.15) is 45.7 Å². The summed E-state index contributed by atoms with van der Waals surface area (Å²) in [7, 11) is -3.81. The highest BCUT2D eigenvalue weighted by molar-refractivity contribution is 7.91. The maximum absolute atomic E-state index is 12.9. The first-order valence-corrected chi connectivity index (χ1v) is 15.8. The van der Waals surface area contributed by atoms with Crippen molar-refractivity contribution in [2.75, 3.05) is 19.3 Å². The van der Waals surface area contributed by atoms with Gasteiger partial charge in [-0.15, -0.1) is 21.5 Å². The summed E-state index contributed by atoms with van der Waals surface area (Å²) in [5.41, 5.74) is 1.39. The van der Waals surface area contributed by atoms with Crippen LogP contribution in [0.15, 0.2) is 46.9 Å². The highest BCUT2D eigenvalue weighted by atomic mass is 32.2. The van der Waals surface area contributed by atoms with Crippen molar-refractivity contribution in [1.82, 2.24) is 30.7 Å². The van der Waals surface area contributed by atoms with Crippen LogP contribution in [0.2, 0.25) is 0 Å². The molecule has 4 heterocycles.